The minimum Gasteiger partial charge on any atom is -0.497 e. The Kier molecular flexibility index (Phi) is 4.74. The number of hydrogen-bond donors (Lipinski definition) is 3. The second kappa shape index (κ2) is 7.14. The fraction of sp³-hybridized carbons (Fsp3) is 0.111. The number of hydrogen-bond acceptors (Lipinski definition) is 4. The summed E-state index contributed by atoms with van der Waals surface area (Å²) in [6.07, 6.45) is 0. The van der Waals surface area contributed by atoms with Gasteiger partial charge in [0.1, 0.15) is 17.3 Å². The molecule has 3 N–H and O–H groups in total. The van der Waals surface area contributed by atoms with Crippen LogP contribution in [0.4, 0.5) is 20.6 Å². The fourth-order valence-electron chi connectivity index (χ4n) is 2.48. The number of aromatic amines is 1. The van der Waals surface area contributed by atoms with E-state index in [-0.39, 0.29) is 11.2 Å². The summed E-state index contributed by atoms with van der Waals surface area (Å²) in [6, 6.07) is 9.80. The Labute approximate surface area is 147 Å². The summed E-state index contributed by atoms with van der Waals surface area (Å²) in [5.41, 5.74) is 0.352. The first-order valence-electron chi connectivity index (χ1n) is 7.63. The van der Waals surface area contributed by atoms with E-state index in [0.717, 1.165) is 6.07 Å². The molecule has 3 aromatic rings. The summed E-state index contributed by atoms with van der Waals surface area (Å²) in [5.74, 6) is 0.359. The van der Waals surface area contributed by atoms with Crippen molar-refractivity contribution in [2.75, 3.05) is 24.9 Å². The molecule has 0 aliphatic rings. The van der Waals surface area contributed by atoms with Gasteiger partial charge < -0.3 is 25.1 Å². The lowest BCUT2D eigenvalue weighted by molar-refractivity contribution is 0.262. The van der Waals surface area contributed by atoms with Gasteiger partial charge in [-0.15, -0.1) is 0 Å². The van der Waals surface area contributed by atoms with Gasteiger partial charge in [0.25, 0.3) is 0 Å². The number of nitrogens with one attached hydrogen (secondary N) is 3. The van der Waals surface area contributed by atoms with Gasteiger partial charge in [-0.1, -0.05) is 0 Å². The predicted molar refractivity (Wildman–Crippen MR) is 96.7 cm³/mol. The van der Waals surface area contributed by atoms with Crippen LogP contribution < -0.4 is 25.7 Å². The van der Waals surface area contributed by atoms with E-state index < -0.39 is 17.4 Å². The van der Waals surface area contributed by atoms with Crippen LogP contribution in [0.3, 0.4) is 0 Å². The zero-order valence-corrected chi connectivity index (χ0v) is 14.1. The minimum atomic E-state index is -0.641. The summed E-state index contributed by atoms with van der Waals surface area (Å²) in [5, 5.41) is 5.64. The summed E-state index contributed by atoms with van der Waals surface area (Å²) in [6.45, 7) is 0. The summed E-state index contributed by atoms with van der Waals surface area (Å²) < 4.78 is 24.4. The van der Waals surface area contributed by atoms with Crippen LogP contribution in [0.2, 0.25) is 0 Å². The van der Waals surface area contributed by atoms with E-state index in [1.165, 1.54) is 26.4 Å². The molecule has 7 nitrogen and oxygen atoms in total. The summed E-state index contributed by atoms with van der Waals surface area (Å²) in [7, 11) is 2.99. The number of benzene rings is 2. The van der Waals surface area contributed by atoms with Crippen molar-refractivity contribution in [1.82, 2.24) is 4.98 Å². The number of ether oxygens (including phenoxy) is 2. The molecule has 1 aromatic heterocycles. The SMILES string of the molecule is COc1ccc(NC(=O)Nc2cc(F)c3[nH]c(=O)ccc3c2)c(OC)c1. The Morgan fingerprint density at radius 3 is 2.58 bits per heavy atom. The van der Waals surface area contributed by atoms with E-state index in [4.69, 9.17) is 9.47 Å². The van der Waals surface area contributed by atoms with E-state index in [1.807, 2.05) is 0 Å². The van der Waals surface area contributed by atoms with Crippen LogP contribution >= 0.6 is 0 Å². The Bertz CT molecular complexity index is 1030. The number of rotatable bonds is 4. The molecule has 8 heteroatoms. The highest BCUT2D eigenvalue weighted by Gasteiger charge is 2.11. The lowest BCUT2D eigenvalue weighted by atomic mass is 10.2. The number of carbonyl (C=O) groups is 1. The van der Waals surface area contributed by atoms with Crippen LogP contribution in [0.15, 0.2) is 47.3 Å². The molecule has 0 saturated heterocycles. The maximum absolute atomic E-state index is 14.1. The molecule has 0 aliphatic heterocycles. The van der Waals surface area contributed by atoms with Crippen LogP contribution in [0.5, 0.6) is 11.5 Å². The summed E-state index contributed by atoms with van der Waals surface area (Å²) >= 11 is 0. The van der Waals surface area contributed by atoms with Gasteiger partial charge in [-0.05, 0) is 30.3 Å². The smallest absolute Gasteiger partial charge is 0.323 e. The van der Waals surface area contributed by atoms with Crippen molar-refractivity contribution in [2.24, 2.45) is 0 Å². The molecule has 0 saturated carbocycles. The molecule has 134 valence electrons. The molecule has 0 unspecified atom stereocenters. The lowest BCUT2D eigenvalue weighted by Gasteiger charge is -2.13. The Morgan fingerprint density at radius 1 is 1.04 bits per heavy atom. The van der Waals surface area contributed by atoms with Crippen LogP contribution in [-0.2, 0) is 0 Å². The maximum Gasteiger partial charge on any atom is 0.323 e. The molecule has 2 aromatic carbocycles. The van der Waals surface area contributed by atoms with Crippen LogP contribution in [0, 0.1) is 5.82 Å². The van der Waals surface area contributed by atoms with E-state index in [0.29, 0.717) is 22.6 Å². The number of anilines is 2. The van der Waals surface area contributed by atoms with Gasteiger partial charge in [0, 0.05) is 23.2 Å². The minimum absolute atomic E-state index is 0.0836. The van der Waals surface area contributed by atoms with Gasteiger partial charge in [0.05, 0.1) is 25.4 Å². The van der Waals surface area contributed by atoms with Crippen LogP contribution in [-0.4, -0.2) is 25.2 Å². The average molecular weight is 357 g/mol. The third-order valence-corrected chi connectivity index (χ3v) is 3.70. The fourth-order valence-corrected chi connectivity index (χ4v) is 2.48. The topological polar surface area (TPSA) is 92.5 Å². The Hall–Kier alpha value is -3.55. The number of amides is 2. The number of fused-ring (bicyclic) bond motifs is 1. The lowest BCUT2D eigenvalue weighted by Crippen LogP contribution is -2.20. The molecule has 0 atom stereocenters. The highest BCUT2D eigenvalue weighted by molar-refractivity contribution is 6.01. The molecular weight excluding hydrogens is 341 g/mol. The van der Waals surface area contributed by atoms with Gasteiger partial charge in [0.15, 0.2) is 0 Å². The van der Waals surface area contributed by atoms with Crippen molar-refractivity contribution in [3.05, 3.63) is 58.6 Å². The van der Waals surface area contributed by atoms with E-state index in [2.05, 4.69) is 15.6 Å². The maximum atomic E-state index is 14.1. The molecule has 3 rings (SSSR count). The van der Waals surface area contributed by atoms with Crippen molar-refractivity contribution in [2.45, 2.75) is 0 Å². The van der Waals surface area contributed by atoms with Gasteiger partial charge in [-0.25, -0.2) is 9.18 Å². The van der Waals surface area contributed by atoms with Gasteiger partial charge in [0.2, 0.25) is 5.56 Å². The monoisotopic (exact) mass is 357 g/mol. The molecular formula is C18H16FN3O4. The number of urea groups is 1. The molecule has 0 spiro atoms. The first-order valence-corrected chi connectivity index (χ1v) is 7.63. The van der Waals surface area contributed by atoms with Crippen molar-refractivity contribution >= 4 is 28.3 Å². The number of halogens is 1. The first-order chi connectivity index (χ1) is 12.5. The van der Waals surface area contributed by atoms with Crippen molar-refractivity contribution < 1.29 is 18.7 Å². The zero-order valence-electron chi connectivity index (χ0n) is 14.1. The first kappa shape index (κ1) is 17.3. The third-order valence-electron chi connectivity index (χ3n) is 3.70. The normalized spacial score (nSPS) is 10.4. The highest BCUT2D eigenvalue weighted by atomic mass is 19.1. The number of methoxy groups -OCH3 is 2. The highest BCUT2D eigenvalue weighted by Crippen LogP contribution is 2.29. The Morgan fingerprint density at radius 2 is 1.85 bits per heavy atom. The summed E-state index contributed by atoms with van der Waals surface area (Å²) in [4.78, 5) is 25.9. The second-order valence-corrected chi connectivity index (χ2v) is 5.39. The average Bonchev–Trinajstić information content (AvgIpc) is 2.62. The molecule has 0 bridgehead atoms. The zero-order chi connectivity index (χ0) is 18.7. The Balaban J connectivity index is 1.81. The molecule has 26 heavy (non-hydrogen) atoms. The molecule has 2 amide bonds. The number of H-pyrrole nitrogens is 1. The third kappa shape index (κ3) is 3.59. The van der Waals surface area contributed by atoms with Crippen molar-refractivity contribution in [3.63, 3.8) is 0 Å². The van der Waals surface area contributed by atoms with Crippen molar-refractivity contribution in [1.29, 1.82) is 0 Å². The number of carbonyl (C=O) groups excluding carboxylic acids is 1. The molecule has 0 fully saturated rings. The molecule has 1 heterocycles. The quantitative estimate of drug-likeness (QED) is 0.668. The molecule has 0 radical (unpaired) electrons. The van der Waals surface area contributed by atoms with E-state index >= 15 is 0 Å². The number of aromatic nitrogens is 1. The van der Waals surface area contributed by atoms with Crippen LogP contribution in [0.25, 0.3) is 10.9 Å². The van der Waals surface area contributed by atoms with Gasteiger partial charge in [-0.3, -0.25) is 4.79 Å². The van der Waals surface area contributed by atoms with Crippen molar-refractivity contribution in [3.8, 4) is 11.5 Å². The van der Waals surface area contributed by atoms with Crippen LogP contribution in [0.1, 0.15) is 0 Å². The van der Waals surface area contributed by atoms with E-state index in [1.54, 1.807) is 24.3 Å². The van der Waals surface area contributed by atoms with E-state index in [9.17, 15) is 14.0 Å². The largest absolute Gasteiger partial charge is 0.497 e. The second-order valence-electron chi connectivity index (χ2n) is 5.39. The predicted octanol–water partition coefficient (Wildman–Crippen LogP) is 3.33. The standard InChI is InChI=1S/C18H16FN3O4/c1-25-12-4-5-14(15(9-12)26-2)21-18(24)20-11-7-10-3-6-16(23)22-17(10)13(19)8-11/h3-9H,1-2H3,(H,22,23)(H2,20,21,24). The van der Waals surface area contributed by atoms with Gasteiger partial charge >= 0.3 is 6.03 Å². The van der Waals surface area contributed by atoms with Gasteiger partial charge in [-0.2, -0.15) is 0 Å². The number of pyridine rings is 1. The molecule has 0 aliphatic carbocycles.